The standard InChI is InChI=1S/C16H19ClN2S/c1-11(18)16(14-6-7-15(17)20-14)19-9-8-12-4-2-3-5-13(12)10-19/h2-7,11,16H,8-10,18H2,1H3. The topological polar surface area (TPSA) is 29.3 Å². The van der Waals surface area contributed by atoms with Crippen LogP contribution in [-0.2, 0) is 13.0 Å². The molecule has 1 aliphatic heterocycles. The Labute approximate surface area is 129 Å². The van der Waals surface area contributed by atoms with E-state index in [0.717, 1.165) is 23.8 Å². The van der Waals surface area contributed by atoms with Crippen LogP contribution in [0.15, 0.2) is 36.4 Å². The SMILES string of the molecule is CC(N)C(c1ccc(Cl)s1)N1CCc2ccccc2C1. The van der Waals surface area contributed by atoms with E-state index in [9.17, 15) is 0 Å². The second kappa shape index (κ2) is 5.86. The van der Waals surface area contributed by atoms with Crippen molar-refractivity contribution in [1.29, 1.82) is 0 Å². The highest BCUT2D eigenvalue weighted by atomic mass is 35.5. The molecule has 0 saturated heterocycles. The molecule has 1 aliphatic rings. The van der Waals surface area contributed by atoms with Crippen molar-refractivity contribution in [2.75, 3.05) is 6.54 Å². The molecule has 0 bridgehead atoms. The molecule has 2 nitrogen and oxygen atoms in total. The van der Waals surface area contributed by atoms with Crippen molar-refractivity contribution in [3.63, 3.8) is 0 Å². The summed E-state index contributed by atoms with van der Waals surface area (Å²) in [7, 11) is 0. The first kappa shape index (κ1) is 14.1. The highest BCUT2D eigenvalue weighted by molar-refractivity contribution is 7.16. The van der Waals surface area contributed by atoms with Gasteiger partial charge in [0.05, 0.1) is 10.4 Å². The molecule has 0 saturated carbocycles. The highest BCUT2D eigenvalue weighted by Crippen LogP contribution is 2.34. The van der Waals surface area contributed by atoms with Gasteiger partial charge in [-0.1, -0.05) is 35.9 Å². The molecule has 0 radical (unpaired) electrons. The minimum atomic E-state index is 0.0926. The lowest BCUT2D eigenvalue weighted by Crippen LogP contribution is -2.41. The average molecular weight is 307 g/mol. The first-order valence-electron chi connectivity index (χ1n) is 6.97. The third-order valence-electron chi connectivity index (χ3n) is 3.94. The van der Waals surface area contributed by atoms with Crippen LogP contribution in [0.2, 0.25) is 4.34 Å². The maximum absolute atomic E-state index is 6.25. The van der Waals surface area contributed by atoms with Gasteiger partial charge >= 0.3 is 0 Å². The highest BCUT2D eigenvalue weighted by Gasteiger charge is 2.28. The van der Waals surface area contributed by atoms with E-state index in [2.05, 4.69) is 42.2 Å². The molecule has 2 unspecified atom stereocenters. The maximum atomic E-state index is 6.25. The Morgan fingerprint density at radius 2 is 1.95 bits per heavy atom. The molecule has 4 heteroatoms. The molecule has 2 atom stereocenters. The quantitative estimate of drug-likeness (QED) is 0.933. The zero-order chi connectivity index (χ0) is 14.1. The summed E-state index contributed by atoms with van der Waals surface area (Å²) < 4.78 is 0.836. The predicted octanol–water partition coefficient (Wildman–Crippen LogP) is 3.85. The minimum Gasteiger partial charge on any atom is -0.326 e. The molecule has 3 rings (SSSR count). The average Bonchev–Trinajstić information content (AvgIpc) is 2.85. The Balaban J connectivity index is 1.87. The van der Waals surface area contributed by atoms with Crippen molar-refractivity contribution in [3.8, 4) is 0 Å². The number of rotatable bonds is 3. The Kier molecular flexibility index (Phi) is 4.13. The molecule has 0 amide bonds. The van der Waals surface area contributed by atoms with Gasteiger partial charge in [-0.25, -0.2) is 0 Å². The van der Waals surface area contributed by atoms with Crippen molar-refractivity contribution >= 4 is 22.9 Å². The van der Waals surface area contributed by atoms with Gasteiger partial charge in [0, 0.05) is 24.0 Å². The number of halogens is 1. The summed E-state index contributed by atoms with van der Waals surface area (Å²) in [6, 6.07) is 13.1. The lowest BCUT2D eigenvalue weighted by molar-refractivity contribution is 0.162. The normalized spacial score (nSPS) is 18.6. The lowest BCUT2D eigenvalue weighted by atomic mass is 9.96. The van der Waals surface area contributed by atoms with Crippen LogP contribution in [0.3, 0.4) is 0 Å². The number of hydrogen-bond donors (Lipinski definition) is 1. The van der Waals surface area contributed by atoms with Gasteiger partial charge in [0.25, 0.3) is 0 Å². The maximum Gasteiger partial charge on any atom is 0.0931 e. The molecule has 0 aliphatic carbocycles. The molecule has 106 valence electrons. The Morgan fingerprint density at radius 3 is 2.60 bits per heavy atom. The van der Waals surface area contributed by atoms with E-state index >= 15 is 0 Å². The van der Waals surface area contributed by atoms with Gasteiger partial charge < -0.3 is 5.73 Å². The molecule has 2 N–H and O–H groups in total. The molecular formula is C16H19ClN2S. The Morgan fingerprint density at radius 1 is 1.20 bits per heavy atom. The second-order valence-electron chi connectivity index (χ2n) is 5.44. The van der Waals surface area contributed by atoms with Gasteiger partial charge in [0.2, 0.25) is 0 Å². The first-order chi connectivity index (χ1) is 9.65. The molecule has 2 aromatic rings. The van der Waals surface area contributed by atoms with E-state index < -0.39 is 0 Å². The van der Waals surface area contributed by atoms with Crippen LogP contribution >= 0.6 is 22.9 Å². The Hall–Kier alpha value is -0.870. The van der Waals surface area contributed by atoms with Crippen molar-refractivity contribution < 1.29 is 0 Å². The van der Waals surface area contributed by atoms with Crippen LogP contribution in [0.1, 0.15) is 29.0 Å². The number of nitrogens with two attached hydrogens (primary N) is 1. The van der Waals surface area contributed by atoms with E-state index in [1.165, 1.54) is 16.0 Å². The van der Waals surface area contributed by atoms with Crippen molar-refractivity contribution in [1.82, 2.24) is 4.90 Å². The van der Waals surface area contributed by atoms with Crippen LogP contribution in [-0.4, -0.2) is 17.5 Å². The second-order valence-corrected chi connectivity index (χ2v) is 7.18. The van der Waals surface area contributed by atoms with Gasteiger partial charge in [-0.05, 0) is 36.6 Å². The fourth-order valence-electron chi connectivity index (χ4n) is 3.01. The predicted molar refractivity (Wildman–Crippen MR) is 86.3 cm³/mol. The first-order valence-corrected chi connectivity index (χ1v) is 8.16. The molecule has 0 spiro atoms. The monoisotopic (exact) mass is 306 g/mol. The fourth-order valence-corrected chi connectivity index (χ4v) is 4.33. The smallest absolute Gasteiger partial charge is 0.0931 e. The lowest BCUT2D eigenvalue weighted by Gasteiger charge is -2.37. The zero-order valence-corrected chi connectivity index (χ0v) is 13.1. The third-order valence-corrected chi connectivity index (χ3v) is 5.24. The minimum absolute atomic E-state index is 0.0926. The van der Waals surface area contributed by atoms with E-state index in [1.807, 2.05) is 6.07 Å². The molecule has 2 heterocycles. The summed E-state index contributed by atoms with van der Waals surface area (Å²) in [4.78, 5) is 3.75. The van der Waals surface area contributed by atoms with Crippen molar-refractivity contribution in [3.05, 3.63) is 56.7 Å². The zero-order valence-electron chi connectivity index (χ0n) is 11.6. The molecule has 20 heavy (non-hydrogen) atoms. The van der Waals surface area contributed by atoms with Gasteiger partial charge in [0.1, 0.15) is 0 Å². The summed E-state index contributed by atoms with van der Waals surface area (Å²) in [5.74, 6) is 0. The number of thiophene rings is 1. The van der Waals surface area contributed by atoms with Gasteiger partial charge in [0.15, 0.2) is 0 Å². The van der Waals surface area contributed by atoms with Gasteiger partial charge in [-0.3, -0.25) is 4.90 Å². The van der Waals surface area contributed by atoms with E-state index in [1.54, 1.807) is 11.3 Å². The number of hydrogen-bond acceptors (Lipinski definition) is 3. The summed E-state index contributed by atoms with van der Waals surface area (Å²) >= 11 is 7.73. The molecule has 0 fully saturated rings. The summed E-state index contributed by atoms with van der Waals surface area (Å²) in [5.41, 5.74) is 9.14. The Bertz CT molecular complexity index is 594. The van der Waals surface area contributed by atoms with Crippen molar-refractivity contribution in [2.24, 2.45) is 5.73 Å². The van der Waals surface area contributed by atoms with Gasteiger partial charge in [-0.15, -0.1) is 11.3 Å². The fraction of sp³-hybridized carbons (Fsp3) is 0.375. The third kappa shape index (κ3) is 2.77. The van der Waals surface area contributed by atoms with Crippen LogP contribution in [0.5, 0.6) is 0 Å². The number of fused-ring (bicyclic) bond motifs is 1. The molecular weight excluding hydrogens is 288 g/mol. The molecule has 1 aromatic heterocycles. The van der Waals surface area contributed by atoms with E-state index in [0.29, 0.717) is 0 Å². The van der Waals surface area contributed by atoms with E-state index in [4.69, 9.17) is 17.3 Å². The summed E-state index contributed by atoms with van der Waals surface area (Å²) in [5, 5.41) is 0. The van der Waals surface area contributed by atoms with Crippen LogP contribution < -0.4 is 5.73 Å². The summed E-state index contributed by atoms with van der Waals surface area (Å²) in [6.45, 7) is 4.11. The van der Waals surface area contributed by atoms with Crippen molar-refractivity contribution in [2.45, 2.75) is 32.0 Å². The number of benzene rings is 1. The van der Waals surface area contributed by atoms with E-state index in [-0.39, 0.29) is 12.1 Å². The van der Waals surface area contributed by atoms with Gasteiger partial charge in [-0.2, -0.15) is 0 Å². The van der Waals surface area contributed by atoms with Crippen LogP contribution in [0, 0.1) is 0 Å². The van der Waals surface area contributed by atoms with Crippen LogP contribution in [0.4, 0.5) is 0 Å². The van der Waals surface area contributed by atoms with Crippen LogP contribution in [0.25, 0.3) is 0 Å². The largest absolute Gasteiger partial charge is 0.326 e. The molecule has 1 aromatic carbocycles. The number of nitrogens with zero attached hydrogens (tertiary/aromatic N) is 1. The summed E-state index contributed by atoms with van der Waals surface area (Å²) in [6.07, 6.45) is 1.10.